The lowest BCUT2D eigenvalue weighted by Gasteiger charge is -2.22. The van der Waals surface area contributed by atoms with Crippen LogP contribution in [-0.2, 0) is 9.47 Å². The summed E-state index contributed by atoms with van der Waals surface area (Å²) in [5, 5.41) is 9.64. The van der Waals surface area contributed by atoms with Gasteiger partial charge in [0.1, 0.15) is 6.10 Å². The maximum absolute atomic E-state index is 9.64. The highest BCUT2D eigenvalue weighted by atomic mass is 32.2. The molecule has 0 amide bonds. The van der Waals surface area contributed by atoms with Crippen molar-refractivity contribution in [3.63, 3.8) is 0 Å². The van der Waals surface area contributed by atoms with Crippen molar-refractivity contribution in [3.05, 3.63) is 0 Å². The summed E-state index contributed by atoms with van der Waals surface area (Å²) in [6.07, 6.45) is 0.494. The lowest BCUT2D eigenvalue weighted by molar-refractivity contribution is -0.0712. The average molecular weight is 278 g/mol. The van der Waals surface area contributed by atoms with Crippen LogP contribution in [0.4, 0.5) is 0 Å². The van der Waals surface area contributed by atoms with Gasteiger partial charge in [0, 0.05) is 11.4 Å². The third-order valence-electron chi connectivity index (χ3n) is 1.99. The van der Waals surface area contributed by atoms with E-state index in [1.165, 1.54) is 0 Å². The molecule has 0 bridgehead atoms. The molecule has 18 heavy (non-hydrogen) atoms. The summed E-state index contributed by atoms with van der Waals surface area (Å²) >= 11 is 1.94. The van der Waals surface area contributed by atoms with Crippen LogP contribution < -0.4 is 0 Å². The van der Waals surface area contributed by atoms with Crippen molar-refractivity contribution in [3.8, 4) is 0 Å². The summed E-state index contributed by atoms with van der Waals surface area (Å²) in [6.45, 7) is 14.0. The number of thioether (sulfide) groups is 1. The predicted octanol–water partition coefficient (Wildman–Crippen LogP) is 3.10. The van der Waals surface area contributed by atoms with E-state index in [4.69, 9.17) is 9.47 Å². The Bertz CT molecular complexity index is 206. The van der Waals surface area contributed by atoms with Crippen molar-refractivity contribution in [2.75, 3.05) is 25.6 Å². The molecular formula is C14H30O3S. The number of hydrogen-bond acceptors (Lipinski definition) is 4. The molecule has 0 aliphatic heterocycles. The van der Waals surface area contributed by atoms with Crippen LogP contribution in [0.3, 0.4) is 0 Å². The smallest absolute Gasteiger partial charge is 0.101 e. The molecule has 0 aliphatic rings. The van der Waals surface area contributed by atoms with Crippen LogP contribution in [0, 0.1) is 0 Å². The minimum absolute atomic E-state index is 0.204. The van der Waals surface area contributed by atoms with Crippen molar-refractivity contribution in [2.24, 2.45) is 0 Å². The van der Waals surface area contributed by atoms with E-state index < -0.39 is 6.10 Å². The summed E-state index contributed by atoms with van der Waals surface area (Å²) in [5.41, 5.74) is -0.204. The SMILES string of the molecule is CC(C)(C)OCC(O)COCCCSC(C)(C)C. The zero-order chi connectivity index (χ0) is 14.2. The molecule has 0 aliphatic carbocycles. The van der Waals surface area contributed by atoms with Crippen molar-refractivity contribution in [1.82, 2.24) is 0 Å². The maximum atomic E-state index is 9.64. The Morgan fingerprint density at radius 3 is 2.17 bits per heavy atom. The molecule has 1 atom stereocenters. The van der Waals surface area contributed by atoms with Crippen LogP contribution in [0.15, 0.2) is 0 Å². The molecule has 1 N–H and O–H groups in total. The molecule has 0 saturated heterocycles. The molecule has 0 rings (SSSR count). The molecule has 110 valence electrons. The van der Waals surface area contributed by atoms with E-state index in [9.17, 15) is 5.11 Å². The molecule has 4 heteroatoms. The second kappa shape index (κ2) is 8.41. The summed E-state index contributed by atoms with van der Waals surface area (Å²) in [6, 6.07) is 0. The molecule has 1 unspecified atom stereocenters. The predicted molar refractivity (Wildman–Crippen MR) is 79.4 cm³/mol. The van der Waals surface area contributed by atoms with E-state index in [0.29, 0.717) is 24.6 Å². The van der Waals surface area contributed by atoms with Crippen molar-refractivity contribution < 1.29 is 14.6 Å². The lowest BCUT2D eigenvalue weighted by atomic mass is 10.2. The number of hydrogen-bond donors (Lipinski definition) is 1. The van der Waals surface area contributed by atoms with E-state index in [0.717, 1.165) is 12.2 Å². The normalized spacial score (nSPS) is 14.8. The van der Waals surface area contributed by atoms with Gasteiger partial charge >= 0.3 is 0 Å². The Hall–Kier alpha value is 0.230. The number of aliphatic hydroxyl groups excluding tert-OH is 1. The molecule has 0 fully saturated rings. The monoisotopic (exact) mass is 278 g/mol. The second-order valence-electron chi connectivity index (χ2n) is 6.47. The zero-order valence-electron chi connectivity index (χ0n) is 12.8. The first-order valence-corrected chi connectivity index (χ1v) is 7.62. The fourth-order valence-corrected chi connectivity index (χ4v) is 2.03. The Morgan fingerprint density at radius 1 is 1.06 bits per heavy atom. The summed E-state index contributed by atoms with van der Waals surface area (Å²) < 4.78 is 11.2. The molecule has 0 spiro atoms. The quantitative estimate of drug-likeness (QED) is 0.692. The first kappa shape index (κ1) is 18.2. The van der Waals surface area contributed by atoms with Crippen molar-refractivity contribution in [1.29, 1.82) is 0 Å². The Kier molecular flexibility index (Phi) is 8.52. The fraction of sp³-hybridized carbons (Fsp3) is 1.00. The van der Waals surface area contributed by atoms with E-state index >= 15 is 0 Å². The molecule has 0 saturated carbocycles. The van der Waals surface area contributed by atoms with Gasteiger partial charge in [-0.05, 0) is 32.9 Å². The Morgan fingerprint density at radius 2 is 1.67 bits per heavy atom. The first-order chi connectivity index (χ1) is 8.10. The molecule has 0 aromatic heterocycles. The minimum Gasteiger partial charge on any atom is -0.388 e. The Balaban J connectivity index is 3.38. The molecule has 3 nitrogen and oxygen atoms in total. The highest BCUT2D eigenvalue weighted by molar-refractivity contribution is 8.00. The lowest BCUT2D eigenvalue weighted by Crippen LogP contribution is -2.29. The maximum Gasteiger partial charge on any atom is 0.101 e. The van der Waals surface area contributed by atoms with E-state index in [2.05, 4.69) is 20.8 Å². The second-order valence-corrected chi connectivity index (χ2v) is 8.39. The van der Waals surface area contributed by atoms with Crippen LogP contribution in [-0.4, -0.2) is 47.1 Å². The zero-order valence-corrected chi connectivity index (χ0v) is 13.6. The van der Waals surface area contributed by atoms with Gasteiger partial charge < -0.3 is 14.6 Å². The first-order valence-electron chi connectivity index (χ1n) is 6.64. The van der Waals surface area contributed by atoms with Gasteiger partial charge in [-0.15, -0.1) is 0 Å². The minimum atomic E-state index is -0.528. The molecule has 0 aromatic carbocycles. The highest BCUT2D eigenvalue weighted by Crippen LogP contribution is 2.23. The van der Waals surface area contributed by atoms with Crippen molar-refractivity contribution >= 4 is 11.8 Å². The van der Waals surface area contributed by atoms with Crippen molar-refractivity contribution in [2.45, 2.75) is 64.4 Å². The number of rotatable bonds is 8. The van der Waals surface area contributed by atoms with E-state index in [-0.39, 0.29) is 5.60 Å². The van der Waals surface area contributed by atoms with Gasteiger partial charge in [0.25, 0.3) is 0 Å². The topological polar surface area (TPSA) is 38.7 Å². The van der Waals surface area contributed by atoms with Gasteiger partial charge in [-0.3, -0.25) is 0 Å². The van der Waals surface area contributed by atoms with Crippen LogP contribution in [0.2, 0.25) is 0 Å². The molecule has 0 aromatic rings. The van der Waals surface area contributed by atoms with Crippen LogP contribution in [0.1, 0.15) is 48.0 Å². The van der Waals surface area contributed by atoms with Gasteiger partial charge in [0.2, 0.25) is 0 Å². The summed E-state index contributed by atoms with van der Waals surface area (Å²) in [5.74, 6) is 1.10. The Labute approximate surface area is 117 Å². The van der Waals surface area contributed by atoms with E-state index in [1.54, 1.807) is 0 Å². The van der Waals surface area contributed by atoms with Gasteiger partial charge in [0.05, 0.1) is 18.8 Å². The van der Waals surface area contributed by atoms with Gasteiger partial charge in [-0.25, -0.2) is 0 Å². The largest absolute Gasteiger partial charge is 0.388 e. The number of ether oxygens (including phenoxy) is 2. The summed E-state index contributed by atoms with van der Waals surface area (Å²) in [7, 11) is 0. The van der Waals surface area contributed by atoms with Crippen LogP contribution in [0.25, 0.3) is 0 Å². The molecule has 0 heterocycles. The third-order valence-corrected chi connectivity index (χ3v) is 3.35. The highest BCUT2D eigenvalue weighted by Gasteiger charge is 2.13. The van der Waals surface area contributed by atoms with Crippen LogP contribution >= 0.6 is 11.8 Å². The molecule has 0 radical (unpaired) electrons. The fourth-order valence-electron chi connectivity index (χ4n) is 1.15. The van der Waals surface area contributed by atoms with Crippen LogP contribution in [0.5, 0.6) is 0 Å². The number of aliphatic hydroxyl groups is 1. The summed E-state index contributed by atoms with van der Waals surface area (Å²) in [4.78, 5) is 0. The van der Waals surface area contributed by atoms with Gasteiger partial charge in [-0.1, -0.05) is 20.8 Å². The average Bonchev–Trinajstić information content (AvgIpc) is 2.17. The molecular weight excluding hydrogens is 248 g/mol. The van der Waals surface area contributed by atoms with E-state index in [1.807, 2.05) is 32.5 Å². The third kappa shape index (κ3) is 14.3. The standard InChI is InChI=1S/C14H30O3S/c1-13(2,3)17-11-12(15)10-16-8-7-9-18-14(4,5)6/h12,15H,7-11H2,1-6H3. The van der Waals surface area contributed by atoms with Gasteiger partial charge in [0.15, 0.2) is 0 Å². The van der Waals surface area contributed by atoms with Gasteiger partial charge in [-0.2, -0.15) is 11.8 Å².